The van der Waals surface area contributed by atoms with E-state index in [4.69, 9.17) is 5.73 Å². The van der Waals surface area contributed by atoms with Crippen molar-refractivity contribution in [2.75, 3.05) is 6.54 Å². The van der Waals surface area contributed by atoms with Crippen molar-refractivity contribution in [1.29, 1.82) is 0 Å². The maximum Gasteiger partial charge on any atom is 0.0972 e. The molecule has 0 unspecified atom stereocenters. The highest BCUT2D eigenvalue weighted by Gasteiger charge is 2.21. The first-order valence-electron chi connectivity index (χ1n) is 8.81. The number of rotatable bonds is 11. The third kappa shape index (κ3) is 7.25. The Morgan fingerprint density at radius 3 is 2.43 bits per heavy atom. The first-order chi connectivity index (χ1) is 11.0. The maximum atomic E-state index is 10.8. The van der Waals surface area contributed by atoms with E-state index in [1.165, 1.54) is 0 Å². The second-order valence-electron chi connectivity index (χ2n) is 6.22. The standard InChI is InChI=1S/C19H32N2O2/c1-3-5-12-19(23,13-6-4-2)14-10-16-8-7-9-17(21-16)18(22)11-15-20/h7-10,14,18,22-23H,3-6,11-13,15,20H2,1-2H3/b14-10+/t18-/m1/s1. The van der Waals surface area contributed by atoms with Crippen molar-refractivity contribution >= 4 is 6.08 Å². The number of nitrogens with two attached hydrogens (primary N) is 1. The number of hydrogen-bond acceptors (Lipinski definition) is 4. The van der Waals surface area contributed by atoms with Gasteiger partial charge in [0.15, 0.2) is 0 Å². The third-order valence-corrected chi connectivity index (χ3v) is 4.06. The summed E-state index contributed by atoms with van der Waals surface area (Å²) in [4.78, 5) is 4.45. The minimum absolute atomic E-state index is 0.427. The molecule has 1 atom stereocenters. The molecule has 4 nitrogen and oxygen atoms in total. The second kappa shape index (κ2) is 10.5. The molecule has 0 fully saturated rings. The van der Waals surface area contributed by atoms with E-state index < -0.39 is 11.7 Å². The number of unbranched alkanes of at least 4 members (excludes halogenated alkanes) is 2. The van der Waals surface area contributed by atoms with Crippen molar-refractivity contribution in [3.05, 3.63) is 35.7 Å². The molecule has 0 bridgehead atoms. The van der Waals surface area contributed by atoms with Gasteiger partial charge in [0.1, 0.15) is 0 Å². The Bertz CT molecular complexity index is 466. The Balaban J connectivity index is 2.84. The van der Waals surface area contributed by atoms with E-state index in [0.29, 0.717) is 18.7 Å². The molecule has 0 aliphatic heterocycles. The Kier molecular flexibility index (Phi) is 9.07. The lowest BCUT2D eigenvalue weighted by Crippen LogP contribution is -2.25. The number of hydrogen-bond donors (Lipinski definition) is 3. The van der Waals surface area contributed by atoms with Crippen LogP contribution in [-0.4, -0.2) is 27.3 Å². The molecule has 0 aromatic carbocycles. The summed E-state index contributed by atoms with van der Waals surface area (Å²) in [5, 5.41) is 20.8. The molecule has 23 heavy (non-hydrogen) atoms. The molecular formula is C19H32N2O2. The predicted molar refractivity (Wildman–Crippen MR) is 95.9 cm³/mol. The molecule has 0 saturated heterocycles. The number of aliphatic hydroxyl groups is 2. The van der Waals surface area contributed by atoms with Gasteiger partial charge in [0.25, 0.3) is 0 Å². The number of nitrogens with zero attached hydrogens (tertiary/aromatic N) is 1. The van der Waals surface area contributed by atoms with Gasteiger partial charge in [0.2, 0.25) is 0 Å². The van der Waals surface area contributed by atoms with Gasteiger partial charge >= 0.3 is 0 Å². The SMILES string of the molecule is CCCCC(O)(/C=C/c1cccc([C@H](O)CCN)n1)CCCC. The molecule has 1 heterocycles. The summed E-state index contributed by atoms with van der Waals surface area (Å²) in [5.74, 6) is 0. The van der Waals surface area contributed by atoms with Crippen LogP contribution in [0.3, 0.4) is 0 Å². The monoisotopic (exact) mass is 320 g/mol. The van der Waals surface area contributed by atoms with E-state index in [9.17, 15) is 10.2 Å². The van der Waals surface area contributed by atoms with Gasteiger partial charge in [-0.1, -0.05) is 51.7 Å². The number of aromatic nitrogens is 1. The Labute approximate surface area is 140 Å². The van der Waals surface area contributed by atoms with Crippen LogP contribution in [0.2, 0.25) is 0 Å². The van der Waals surface area contributed by atoms with Crippen LogP contribution >= 0.6 is 0 Å². The highest BCUT2D eigenvalue weighted by atomic mass is 16.3. The van der Waals surface area contributed by atoms with Crippen LogP contribution in [-0.2, 0) is 0 Å². The summed E-state index contributed by atoms with van der Waals surface area (Å²) in [7, 11) is 0. The van der Waals surface area contributed by atoms with Crippen molar-refractivity contribution in [1.82, 2.24) is 4.98 Å². The fraction of sp³-hybridized carbons (Fsp3) is 0.632. The van der Waals surface area contributed by atoms with Crippen molar-refractivity contribution < 1.29 is 10.2 Å². The minimum atomic E-state index is -0.764. The highest BCUT2D eigenvalue weighted by Crippen LogP contribution is 2.24. The minimum Gasteiger partial charge on any atom is -0.387 e. The molecular weight excluding hydrogens is 288 g/mol. The topological polar surface area (TPSA) is 79.4 Å². The van der Waals surface area contributed by atoms with Gasteiger partial charge in [0.05, 0.1) is 23.1 Å². The average molecular weight is 320 g/mol. The van der Waals surface area contributed by atoms with E-state index >= 15 is 0 Å². The lowest BCUT2D eigenvalue weighted by molar-refractivity contribution is 0.0682. The summed E-state index contributed by atoms with van der Waals surface area (Å²) in [5.41, 5.74) is 6.10. The van der Waals surface area contributed by atoms with Crippen LogP contribution in [0.4, 0.5) is 0 Å². The van der Waals surface area contributed by atoms with E-state index in [-0.39, 0.29) is 0 Å². The summed E-state index contributed by atoms with van der Waals surface area (Å²) < 4.78 is 0. The molecule has 1 rings (SSSR count). The zero-order valence-corrected chi connectivity index (χ0v) is 14.5. The van der Waals surface area contributed by atoms with Crippen molar-refractivity contribution in [3.8, 4) is 0 Å². The van der Waals surface area contributed by atoms with Crippen molar-refractivity contribution in [3.63, 3.8) is 0 Å². The second-order valence-corrected chi connectivity index (χ2v) is 6.22. The fourth-order valence-electron chi connectivity index (χ4n) is 2.55. The molecule has 1 aromatic rings. The van der Waals surface area contributed by atoms with Crippen LogP contribution in [0.25, 0.3) is 6.08 Å². The van der Waals surface area contributed by atoms with Crippen LogP contribution in [0.1, 0.15) is 76.3 Å². The number of pyridine rings is 1. The molecule has 0 aliphatic carbocycles. The summed E-state index contributed by atoms with van der Waals surface area (Å²) in [6.07, 6.45) is 9.31. The normalized spacial score (nSPS) is 13.6. The van der Waals surface area contributed by atoms with Gasteiger partial charge in [0, 0.05) is 0 Å². The summed E-state index contributed by atoms with van der Waals surface area (Å²) in [6.45, 7) is 4.69. The molecule has 4 heteroatoms. The molecule has 4 N–H and O–H groups in total. The average Bonchev–Trinajstić information content (AvgIpc) is 2.57. The van der Waals surface area contributed by atoms with Gasteiger partial charge in [-0.3, -0.25) is 4.98 Å². The Morgan fingerprint density at radius 1 is 1.22 bits per heavy atom. The van der Waals surface area contributed by atoms with E-state index in [0.717, 1.165) is 44.2 Å². The van der Waals surface area contributed by atoms with E-state index in [2.05, 4.69) is 18.8 Å². The zero-order chi connectivity index (χ0) is 17.1. The highest BCUT2D eigenvalue weighted by molar-refractivity contribution is 5.46. The summed E-state index contributed by atoms with van der Waals surface area (Å²) >= 11 is 0. The lowest BCUT2D eigenvalue weighted by atomic mass is 9.90. The molecule has 0 saturated carbocycles. The molecule has 0 amide bonds. The summed E-state index contributed by atoms with van der Waals surface area (Å²) in [6, 6.07) is 5.56. The van der Waals surface area contributed by atoms with Gasteiger partial charge in [-0.2, -0.15) is 0 Å². The van der Waals surface area contributed by atoms with Crippen LogP contribution in [0.5, 0.6) is 0 Å². The van der Waals surface area contributed by atoms with Crippen LogP contribution in [0.15, 0.2) is 24.3 Å². The largest absolute Gasteiger partial charge is 0.387 e. The Hall–Kier alpha value is -1.23. The molecule has 0 aliphatic rings. The molecule has 1 aromatic heterocycles. The van der Waals surface area contributed by atoms with Crippen LogP contribution in [0, 0.1) is 0 Å². The zero-order valence-electron chi connectivity index (χ0n) is 14.5. The van der Waals surface area contributed by atoms with Crippen molar-refractivity contribution in [2.24, 2.45) is 5.73 Å². The third-order valence-electron chi connectivity index (χ3n) is 4.06. The van der Waals surface area contributed by atoms with Crippen molar-refractivity contribution in [2.45, 2.75) is 70.5 Å². The maximum absolute atomic E-state index is 10.8. The first-order valence-corrected chi connectivity index (χ1v) is 8.81. The van der Waals surface area contributed by atoms with E-state index in [1.54, 1.807) is 6.07 Å². The number of aliphatic hydroxyl groups excluding tert-OH is 1. The van der Waals surface area contributed by atoms with Gasteiger partial charge in [-0.25, -0.2) is 0 Å². The Morgan fingerprint density at radius 2 is 1.87 bits per heavy atom. The molecule has 0 radical (unpaired) electrons. The molecule has 130 valence electrons. The van der Waals surface area contributed by atoms with Gasteiger partial charge in [-0.15, -0.1) is 0 Å². The van der Waals surface area contributed by atoms with Gasteiger partial charge in [-0.05, 0) is 44.0 Å². The lowest BCUT2D eigenvalue weighted by Gasteiger charge is -2.24. The fourth-order valence-corrected chi connectivity index (χ4v) is 2.55. The van der Waals surface area contributed by atoms with E-state index in [1.807, 2.05) is 24.3 Å². The quantitative estimate of drug-likeness (QED) is 0.582. The van der Waals surface area contributed by atoms with Crippen LogP contribution < -0.4 is 5.73 Å². The van der Waals surface area contributed by atoms with Gasteiger partial charge < -0.3 is 15.9 Å². The molecule has 0 spiro atoms. The predicted octanol–water partition coefficient (Wildman–Crippen LogP) is 3.59. The first kappa shape index (κ1) is 19.8. The smallest absolute Gasteiger partial charge is 0.0972 e.